The number of urea groups is 1. The lowest BCUT2D eigenvalue weighted by molar-refractivity contribution is 0.240. The summed E-state index contributed by atoms with van der Waals surface area (Å²) in [5, 5.41) is 5.27. The number of nitrogens with one attached hydrogen (secondary N) is 2. The average molecular weight is 287 g/mol. The molecule has 0 unspecified atom stereocenters. The SMILES string of the molecule is O=C(Nc1ccc(Br)cc1F)NC1CCC1. The zero-order valence-corrected chi connectivity index (χ0v) is 10.2. The highest BCUT2D eigenvalue weighted by Gasteiger charge is 2.19. The van der Waals surface area contributed by atoms with Crippen molar-refractivity contribution in [1.82, 2.24) is 5.32 Å². The molecule has 0 spiro atoms. The van der Waals surface area contributed by atoms with Gasteiger partial charge in [0.05, 0.1) is 5.69 Å². The summed E-state index contributed by atoms with van der Waals surface area (Å²) in [5.74, 6) is -0.446. The first-order valence-corrected chi connectivity index (χ1v) is 5.97. The van der Waals surface area contributed by atoms with Gasteiger partial charge in [-0.15, -0.1) is 0 Å². The largest absolute Gasteiger partial charge is 0.335 e. The summed E-state index contributed by atoms with van der Waals surface area (Å²) in [6.07, 6.45) is 3.17. The minimum atomic E-state index is -0.446. The molecule has 0 aliphatic heterocycles. The van der Waals surface area contributed by atoms with E-state index in [-0.39, 0.29) is 17.8 Å². The van der Waals surface area contributed by atoms with Crippen molar-refractivity contribution in [2.45, 2.75) is 25.3 Å². The number of benzene rings is 1. The predicted octanol–water partition coefficient (Wildman–Crippen LogP) is 3.26. The van der Waals surface area contributed by atoms with Crippen molar-refractivity contribution >= 4 is 27.6 Å². The monoisotopic (exact) mass is 286 g/mol. The van der Waals surface area contributed by atoms with Gasteiger partial charge in [-0.25, -0.2) is 9.18 Å². The highest BCUT2D eigenvalue weighted by molar-refractivity contribution is 9.10. The van der Waals surface area contributed by atoms with Gasteiger partial charge in [-0.05, 0) is 37.5 Å². The molecular formula is C11H12BrFN2O. The van der Waals surface area contributed by atoms with Crippen molar-refractivity contribution in [2.75, 3.05) is 5.32 Å². The number of hydrogen-bond donors (Lipinski definition) is 2. The molecule has 2 N–H and O–H groups in total. The van der Waals surface area contributed by atoms with E-state index >= 15 is 0 Å². The summed E-state index contributed by atoms with van der Waals surface area (Å²) < 4.78 is 14.0. The van der Waals surface area contributed by atoms with Crippen molar-refractivity contribution in [3.8, 4) is 0 Å². The molecule has 2 rings (SSSR count). The molecule has 1 aromatic carbocycles. The molecule has 5 heteroatoms. The number of rotatable bonds is 2. The molecule has 1 aliphatic carbocycles. The molecule has 3 nitrogen and oxygen atoms in total. The second kappa shape index (κ2) is 4.82. The molecule has 16 heavy (non-hydrogen) atoms. The summed E-state index contributed by atoms with van der Waals surface area (Å²) in [6.45, 7) is 0. The van der Waals surface area contributed by atoms with E-state index < -0.39 is 5.82 Å². The molecule has 0 radical (unpaired) electrons. The van der Waals surface area contributed by atoms with Gasteiger partial charge < -0.3 is 10.6 Å². The molecular weight excluding hydrogens is 275 g/mol. The van der Waals surface area contributed by atoms with E-state index in [2.05, 4.69) is 26.6 Å². The first kappa shape index (κ1) is 11.4. The highest BCUT2D eigenvalue weighted by Crippen LogP contribution is 2.20. The molecule has 86 valence electrons. The van der Waals surface area contributed by atoms with Gasteiger partial charge in [0.15, 0.2) is 0 Å². The highest BCUT2D eigenvalue weighted by atomic mass is 79.9. The van der Waals surface area contributed by atoms with Crippen LogP contribution in [0.25, 0.3) is 0 Å². The molecule has 1 saturated carbocycles. The fourth-order valence-electron chi connectivity index (χ4n) is 1.49. The first-order valence-electron chi connectivity index (χ1n) is 5.18. The van der Waals surface area contributed by atoms with Gasteiger partial charge in [0, 0.05) is 10.5 Å². The lowest BCUT2D eigenvalue weighted by Crippen LogP contribution is -2.41. The molecule has 0 atom stereocenters. The molecule has 0 heterocycles. The van der Waals surface area contributed by atoms with E-state index in [1.807, 2.05) is 0 Å². The second-order valence-electron chi connectivity index (χ2n) is 3.85. The van der Waals surface area contributed by atoms with Gasteiger partial charge in [0.2, 0.25) is 0 Å². The molecule has 2 amide bonds. The third-order valence-corrected chi connectivity index (χ3v) is 3.11. The van der Waals surface area contributed by atoms with Crippen molar-refractivity contribution in [2.24, 2.45) is 0 Å². The van der Waals surface area contributed by atoms with Gasteiger partial charge in [0.1, 0.15) is 5.82 Å². The van der Waals surface area contributed by atoms with Crippen molar-refractivity contribution in [3.63, 3.8) is 0 Å². The Kier molecular flexibility index (Phi) is 3.43. The summed E-state index contributed by atoms with van der Waals surface area (Å²) in [7, 11) is 0. The van der Waals surface area contributed by atoms with E-state index in [1.54, 1.807) is 6.07 Å². The van der Waals surface area contributed by atoms with Gasteiger partial charge in [-0.3, -0.25) is 0 Å². The number of hydrogen-bond acceptors (Lipinski definition) is 1. The Morgan fingerprint density at radius 3 is 2.75 bits per heavy atom. The van der Waals surface area contributed by atoms with Crippen LogP contribution < -0.4 is 10.6 Å². The Morgan fingerprint density at radius 2 is 2.19 bits per heavy atom. The van der Waals surface area contributed by atoms with Gasteiger partial charge >= 0.3 is 6.03 Å². The quantitative estimate of drug-likeness (QED) is 0.861. The topological polar surface area (TPSA) is 41.1 Å². The maximum absolute atomic E-state index is 13.4. The van der Waals surface area contributed by atoms with Crippen LogP contribution in [0.2, 0.25) is 0 Å². The Labute approximate surface area is 102 Å². The Balaban J connectivity index is 1.94. The lowest BCUT2D eigenvalue weighted by atomic mass is 9.93. The molecule has 0 bridgehead atoms. The molecule has 0 saturated heterocycles. The van der Waals surface area contributed by atoms with Crippen LogP contribution in [-0.2, 0) is 0 Å². The fraction of sp³-hybridized carbons (Fsp3) is 0.364. The minimum absolute atomic E-state index is 0.194. The minimum Gasteiger partial charge on any atom is -0.335 e. The van der Waals surface area contributed by atoms with E-state index in [0.29, 0.717) is 4.47 Å². The summed E-state index contributed by atoms with van der Waals surface area (Å²) in [5.41, 5.74) is 0.194. The summed E-state index contributed by atoms with van der Waals surface area (Å²) in [4.78, 5) is 11.5. The molecule has 1 fully saturated rings. The van der Waals surface area contributed by atoms with Crippen LogP contribution in [0.15, 0.2) is 22.7 Å². The van der Waals surface area contributed by atoms with Crippen LogP contribution in [0.1, 0.15) is 19.3 Å². The van der Waals surface area contributed by atoms with E-state index in [0.717, 1.165) is 19.3 Å². The Bertz CT molecular complexity index is 407. The Hall–Kier alpha value is -1.10. The van der Waals surface area contributed by atoms with Gasteiger partial charge in [-0.1, -0.05) is 15.9 Å². The Morgan fingerprint density at radius 1 is 1.44 bits per heavy atom. The van der Waals surface area contributed by atoms with Crippen molar-refractivity contribution < 1.29 is 9.18 Å². The number of anilines is 1. The predicted molar refractivity (Wildman–Crippen MR) is 63.9 cm³/mol. The van der Waals surface area contributed by atoms with Crippen LogP contribution in [-0.4, -0.2) is 12.1 Å². The molecule has 1 aliphatic rings. The third-order valence-electron chi connectivity index (χ3n) is 2.62. The van der Waals surface area contributed by atoms with Crippen molar-refractivity contribution in [1.29, 1.82) is 0 Å². The van der Waals surface area contributed by atoms with Crippen LogP contribution in [0.5, 0.6) is 0 Å². The summed E-state index contributed by atoms with van der Waals surface area (Å²) >= 11 is 3.15. The maximum Gasteiger partial charge on any atom is 0.319 e. The second-order valence-corrected chi connectivity index (χ2v) is 4.77. The number of carbonyl (C=O) groups excluding carboxylic acids is 1. The summed E-state index contributed by atoms with van der Waals surface area (Å²) in [6, 6.07) is 4.44. The van der Waals surface area contributed by atoms with Crippen molar-refractivity contribution in [3.05, 3.63) is 28.5 Å². The average Bonchev–Trinajstić information content (AvgIpc) is 2.16. The number of carbonyl (C=O) groups is 1. The zero-order chi connectivity index (χ0) is 11.5. The standard InChI is InChI=1S/C11H12BrFN2O/c12-7-4-5-10(9(13)6-7)15-11(16)14-8-2-1-3-8/h4-6,8H,1-3H2,(H2,14,15,16). The maximum atomic E-state index is 13.4. The van der Waals surface area contributed by atoms with Gasteiger partial charge in [0.25, 0.3) is 0 Å². The van der Waals surface area contributed by atoms with Crippen LogP contribution in [0.3, 0.4) is 0 Å². The molecule has 0 aromatic heterocycles. The third kappa shape index (κ3) is 2.72. The van der Waals surface area contributed by atoms with E-state index in [4.69, 9.17) is 0 Å². The first-order chi connectivity index (χ1) is 7.65. The smallest absolute Gasteiger partial charge is 0.319 e. The van der Waals surface area contributed by atoms with E-state index in [1.165, 1.54) is 12.1 Å². The lowest BCUT2D eigenvalue weighted by Gasteiger charge is -2.26. The number of amides is 2. The zero-order valence-electron chi connectivity index (χ0n) is 8.59. The normalized spacial score (nSPS) is 15.4. The molecule has 1 aromatic rings. The van der Waals surface area contributed by atoms with E-state index in [9.17, 15) is 9.18 Å². The van der Waals surface area contributed by atoms with Gasteiger partial charge in [-0.2, -0.15) is 0 Å². The van der Waals surface area contributed by atoms with Crippen LogP contribution >= 0.6 is 15.9 Å². The van der Waals surface area contributed by atoms with Crippen LogP contribution in [0, 0.1) is 5.82 Å². The fourth-order valence-corrected chi connectivity index (χ4v) is 1.82. The van der Waals surface area contributed by atoms with Crippen LogP contribution in [0.4, 0.5) is 14.9 Å². The number of halogens is 2.